The number of rotatable bonds is 27. The lowest BCUT2D eigenvalue weighted by Crippen LogP contribution is -2.41. The summed E-state index contributed by atoms with van der Waals surface area (Å²) >= 11 is 0. The molecule has 0 heterocycles. The van der Waals surface area contributed by atoms with Gasteiger partial charge >= 0.3 is 0 Å². The van der Waals surface area contributed by atoms with Crippen molar-refractivity contribution in [2.75, 3.05) is 106 Å². The number of nitro benzene ring substituents is 1. The minimum atomic E-state index is -1.70. The largest absolute Gasteiger partial charge is 0.491 e. The topological polar surface area (TPSA) is 126 Å². The van der Waals surface area contributed by atoms with Crippen LogP contribution in [0.2, 0.25) is 18.1 Å². The molecule has 0 saturated heterocycles. The van der Waals surface area contributed by atoms with Crippen LogP contribution in [-0.2, 0) is 37.6 Å². The molecule has 0 aliphatic carbocycles. The van der Waals surface area contributed by atoms with Crippen LogP contribution in [0, 0.1) is 10.1 Å². The van der Waals surface area contributed by atoms with E-state index >= 15 is 0 Å². The van der Waals surface area contributed by atoms with Crippen molar-refractivity contribution in [3.8, 4) is 5.75 Å². The first-order chi connectivity index (χ1) is 19.6. The summed E-state index contributed by atoms with van der Waals surface area (Å²) < 4.78 is 49.9. The average Bonchev–Trinajstić information content (AvgIpc) is 2.92. The Morgan fingerprint density at radius 1 is 0.585 bits per heavy atom. The zero-order chi connectivity index (χ0) is 30.2. The van der Waals surface area contributed by atoms with Gasteiger partial charge in [-0.3, -0.25) is 10.1 Å². The predicted octanol–water partition coefficient (Wildman–Crippen LogP) is 4.11. The monoisotopic (exact) mass is 605 g/mol. The normalized spacial score (nSPS) is 12.1. The molecule has 12 nitrogen and oxygen atoms in total. The molecule has 0 aliphatic heterocycles. The highest BCUT2D eigenvalue weighted by molar-refractivity contribution is 6.74. The molecule has 0 spiro atoms. The van der Waals surface area contributed by atoms with Crippen LogP contribution in [0.3, 0.4) is 0 Å². The third-order valence-electron chi connectivity index (χ3n) is 6.27. The van der Waals surface area contributed by atoms with Crippen molar-refractivity contribution in [2.24, 2.45) is 0 Å². The summed E-state index contributed by atoms with van der Waals surface area (Å²) in [6.07, 6.45) is 0. The van der Waals surface area contributed by atoms with Gasteiger partial charge in [-0.15, -0.1) is 0 Å². The summed E-state index contributed by atoms with van der Waals surface area (Å²) in [4.78, 5) is 10.2. The van der Waals surface area contributed by atoms with Gasteiger partial charge in [0.25, 0.3) is 5.69 Å². The Morgan fingerprint density at radius 3 is 1.22 bits per heavy atom. The van der Waals surface area contributed by atoms with Gasteiger partial charge in [0.15, 0.2) is 8.32 Å². The van der Waals surface area contributed by atoms with Crippen LogP contribution in [0.4, 0.5) is 5.69 Å². The molecular weight excluding hydrogens is 554 g/mol. The van der Waals surface area contributed by atoms with Crippen LogP contribution in [0.1, 0.15) is 20.8 Å². The summed E-state index contributed by atoms with van der Waals surface area (Å²) in [7, 11) is -1.70. The van der Waals surface area contributed by atoms with Crippen LogP contribution >= 0.6 is 0 Å². The van der Waals surface area contributed by atoms with Crippen LogP contribution in [0.15, 0.2) is 24.3 Å². The quantitative estimate of drug-likeness (QED) is 0.0622. The number of ether oxygens (including phenoxy) is 8. The van der Waals surface area contributed by atoms with Gasteiger partial charge in [0.2, 0.25) is 0 Å². The van der Waals surface area contributed by atoms with E-state index in [4.69, 9.17) is 42.3 Å². The minimum Gasteiger partial charge on any atom is -0.491 e. The van der Waals surface area contributed by atoms with Crippen molar-refractivity contribution in [3.63, 3.8) is 0 Å². The Bertz CT molecular complexity index is 775. The fourth-order valence-electron chi connectivity index (χ4n) is 2.88. The molecule has 0 bridgehead atoms. The van der Waals surface area contributed by atoms with Gasteiger partial charge in [-0.2, -0.15) is 0 Å². The lowest BCUT2D eigenvalue weighted by molar-refractivity contribution is -0.384. The predicted molar refractivity (Wildman–Crippen MR) is 157 cm³/mol. The van der Waals surface area contributed by atoms with E-state index in [9.17, 15) is 10.1 Å². The van der Waals surface area contributed by atoms with Gasteiger partial charge in [-0.1, -0.05) is 20.8 Å². The molecule has 0 saturated carbocycles. The molecule has 0 aliphatic rings. The van der Waals surface area contributed by atoms with E-state index in [-0.39, 0.29) is 10.7 Å². The molecule has 0 fully saturated rings. The first kappa shape index (κ1) is 37.3. The second-order valence-corrected chi connectivity index (χ2v) is 15.3. The SMILES string of the molecule is CC(C)(C)[Si](C)(C)OCCOCCOCCOCCOCCOCCOCCOCCOc1ccc([N+](=O)[O-])cc1. The minimum absolute atomic E-state index is 0.0295. The highest BCUT2D eigenvalue weighted by atomic mass is 28.4. The molecule has 13 heteroatoms. The second kappa shape index (κ2) is 22.9. The van der Waals surface area contributed by atoms with Gasteiger partial charge < -0.3 is 42.3 Å². The summed E-state index contributed by atoms with van der Waals surface area (Å²) in [6, 6.07) is 5.92. The highest BCUT2D eigenvalue weighted by Gasteiger charge is 2.36. The third-order valence-corrected chi connectivity index (χ3v) is 10.8. The Morgan fingerprint density at radius 2 is 0.902 bits per heavy atom. The lowest BCUT2D eigenvalue weighted by Gasteiger charge is -2.36. The Hall–Kier alpha value is -1.68. The standard InChI is InChI=1S/C28H51NO11Si/c1-28(2,3)41(4,5)40-25-23-38-21-19-36-17-15-34-13-11-32-10-12-33-14-16-35-18-20-37-22-24-39-27-8-6-26(7-9-27)29(30)31/h6-9H,10-25H2,1-5H3. The van der Waals surface area contributed by atoms with E-state index in [1.54, 1.807) is 12.1 Å². The van der Waals surface area contributed by atoms with Gasteiger partial charge in [-0.05, 0) is 30.3 Å². The van der Waals surface area contributed by atoms with E-state index in [2.05, 4.69) is 33.9 Å². The van der Waals surface area contributed by atoms with E-state index < -0.39 is 13.2 Å². The maximum absolute atomic E-state index is 10.6. The molecule has 0 amide bonds. The summed E-state index contributed by atoms with van der Waals surface area (Å²) in [5, 5.41) is 10.8. The molecule has 238 valence electrons. The Balaban J connectivity index is 1.73. The zero-order valence-electron chi connectivity index (χ0n) is 25.6. The van der Waals surface area contributed by atoms with E-state index in [0.717, 1.165) is 0 Å². The third kappa shape index (κ3) is 20.0. The van der Waals surface area contributed by atoms with Crippen LogP contribution < -0.4 is 4.74 Å². The van der Waals surface area contributed by atoms with Crippen molar-refractivity contribution >= 4 is 14.0 Å². The molecule has 0 unspecified atom stereocenters. The maximum Gasteiger partial charge on any atom is 0.269 e. The molecule has 1 aromatic rings. The molecule has 1 rings (SSSR count). The van der Waals surface area contributed by atoms with Gasteiger partial charge in [-0.25, -0.2) is 0 Å². The number of nitro groups is 1. The number of benzene rings is 1. The average molecular weight is 606 g/mol. The molecule has 1 aromatic carbocycles. The number of non-ortho nitro benzene ring substituents is 1. The molecule has 0 atom stereocenters. The fraction of sp³-hybridized carbons (Fsp3) is 0.786. The van der Waals surface area contributed by atoms with Crippen molar-refractivity contribution in [3.05, 3.63) is 34.4 Å². The van der Waals surface area contributed by atoms with E-state index in [1.807, 2.05) is 0 Å². The lowest BCUT2D eigenvalue weighted by atomic mass is 10.2. The van der Waals surface area contributed by atoms with Gasteiger partial charge in [0.1, 0.15) is 12.4 Å². The zero-order valence-corrected chi connectivity index (χ0v) is 26.6. The van der Waals surface area contributed by atoms with Crippen molar-refractivity contribution < 1.29 is 47.2 Å². The van der Waals surface area contributed by atoms with Crippen molar-refractivity contribution in [1.29, 1.82) is 0 Å². The Kier molecular flexibility index (Phi) is 20.8. The molecule has 0 radical (unpaired) electrons. The molecule has 0 aromatic heterocycles. The maximum atomic E-state index is 10.6. The first-order valence-corrected chi connectivity index (χ1v) is 17.1. The molecular formula is C28H51NO11Si. The summed E-state index contributed by atoms with van der Waals surface area (Å²) in [6.45, 7) is 19.1. The molecule has 41 heavy (non-hydrogen) atoms. The Labute approximate surface area is 246 Å². The fourth-order valence-corrected chi connectivity index (χ4v) is 3.90. The van der Waals surface area contributed by atoms with Gasteiger partial charge in [0, 0.05) is 12.1 Å². The number of nitrogens with zero attached hydrogens (tertiary/aromatic N) is 1. The van der Waals surface area contributed by atoms with Crippen LogP contribution in [0.25, 0.3) is 0 Å². The molecule has 0 N–H and O–H groups in total. The van der Waals surface area contributed by atoms with Crippen molar-refractivity contribution in [2.45, 2.75) is 38.9 Å². The second-order valence-electron chi connectivity index (χ2n) is 10.5. The smallest absolute Gasteiger partial charge is 0.269 e. The van der Waals surface area contributed by atoms with Crippen LogP contribution in [0.5, 0.6) is 5.75 Å². The number of hydrogen-bond acceptors (Lipinski definition) is 11. The van der Waals surface area contributed by atoms with E-state index in [1.165, 1.54) is 12.1 Å². The summed E-state index contributed by atoms with van der Waals surface area (Å²) in [5.41, 5.74) is 0.0295. The van der Waals surface area contributed by atoms with E-state index in [0.29, 0.717) is 111 Å². The van der Waals surface area contributed by atoms with Crippen LogP contribution in [-0.4, -0.2) is 119 Å². The number of hydrogen-bond donors (Lipinski definition) is 0. The first-order valence-electron chi connectivity index (χ1n) is 14.2. The van der Waals surface area contributed by atoms with Gasteiger partial charge in [0.05, 0.1) is 104 Å². The summed E-state index contributed by atoms with van der Waals surface area (Å²) in [5.74, 6) is 0.561. The van der Waals surface area contributed by atoms with Crippen molar-refractivity contribution in [1.82, 2.24) is 0 Å². The highest BCUT2D eigenvalue weighted by Crippen LogP contribution is 2.36.